The van der Waals surface area contributed by atoms with Gasteiger partial charge < -0.3 is 10.6 Å². The van der Waals surface area contributed by atoms with Gasteiger partial charge in [-0.05, 0) is 37.4 Å². The van der Waals surface area contributed by atoms with Gasteiger partial charge in [0.05, 0.1) is 0 Å². The fraction of sp³-hybridized carbons (Fsp3) is 0.538. The number of benzene rings is 1. The van der Waals surface area contributed by atoms with E-state index >= 15 is 0 Å². The molecule has 1 aromatic carbocycles. The van der Waals surface area contributed by atoms with Gasteiger partial charge in [-0.15, -0.1) is 0 Å². The molecule has 0 unspecified atom stereocenters. The van der Waals surface area contributed by atoms with Gasteiger partial charge >= 0.3 is 0 Å². The predicted octanol–water partition coefficient (Wildman–Crippen LogP) is 2.49. The van der Waals surface area contributed by atoms with Gasteiger partial charge in [-0.2, -0.15) is 0 Å². The highest BCUT2D eigenvalue weighted by atomic mass is 15.0. The van der Waals surface area contributed by atoms with Crippen LogP contribution in [-0.2, 0) is 0 Å². The molecular weight excluding hydrogens is 184 g/mol. The fourth-order valence-electron chi connectivity index (χ4n) is 2.03. The first-order valence-electron chi connectivity index (χ1n) is 5.87. The number of anilines is 1. The number of piperidine rings is 1. The second kappa shape index (κ2) is 5.17. The number of hydrogen-bond donors (Lipinski definition) is 2. The standard InChI is InChI=1S/C13H20N2/c1-11-7-8-13(14-9-11)10-15-12-5-3-2-4-6-12/h2-6,11,13-15H,7-10H2,1H3/t11-,13+/m1/s1. The van der Waals surface area contributed by atoms with Gasteiger partial charge in [-0.1, -0.05) is 25.1 Å². The van der Waals surface area contributed by atoms with Crippen LogP contribution in [0.1, 0.15) is 19.8 Å². The summed E-state index contributed by atoms with van der Waals surface area (Å²) in [5.41, 5.74) is 1.22. The van der Waals surface area contributed by atoms with E-state index in [9.17, 15) is 0 Å². The normalized spacial score (nSPS) is 26.2. The molecule has 0 bridgehead atoms. The Kier molecular flexibility index (Phi) is 3.62. The quantitative estimate of drug-likeness (QED) is 0.790. The largest absolute Gasteiger partial charge is 0.383 e. The zero-order valence-corrected chi connectivity index (χ0v) is 9.37. The molecule has 1 fully saturated rings. The number of para-hydroxylation sites is 1. The summed E-state index contributed by atoms with van der Waals surface area (Å²) in [7, 11) is 0. The van der Waals surface area contributed by atoms with Crippen molar-refractivity contribution < 1.29 is 0 Å². The molecule has 82 valence electrons. The smallest absolute Gasteiger partial charge is 0.0340 e. The molecule has 15 heavy (non-hydrogen) atoms. The van der Waals surface area contributed by atoms with Gasteiger partial charge in [0, 0.05) is 18.3 Å². The molecule has 1 aliphatic heterocycles. The molecule has 0 amide bonds. The second-order valence-electron chi connectivity index (χ2n) is 4.53. The predicted molar refractivity (Wildman–Crippen MR) is 65.1 cm³/mol. The third-order valence-electron chi connectivity index (χ3n) is 3.09. The van der Waals surface area contributed by atoms with E-state index in [1.54, 1.807) is 0 Å². The Labute approximate surface area is 92.1 Å². The van der Waals surface area contributed by atoms with Crippen LogP contribution in [0.25, 0.3) is 0 Å². The van der Waals surface area contributed by atoms with Gasteiger partial charge in [0.25, 0.3) is 0 Å². The van der Waals surface area contributed by atoms with Crippen molar-refractivity contribution in [2.75, 3.05) is 18.4 Å². The second-order valence-corrected chi connectivity index (χ2v) is 4.53. The van der Waals surface area contributed by atoms with Crippen molar-refractivity contribution >= 4 is 5.69 Å². The highest BCUT2D eigenvalue weighted by Gasteiger charge is 2.16. The summed E-state index contributed by atoms with van der Waals surface area (Å²) in [6, 6.07) is 11.1. The van der Waals surface area contributed by atoms with Crippen molar-refractivity contribution in [2.45, 2.75) is 25.8 Å². The summed E-state index contributed by atoms with van der Waals surface area (Å²) >= 11 is 0. The molecule has 0 radical (unpaired) electrons. The molecule has 0 saturated carbocycles. The van der Waals surface area contributed by atoms with E-state index in [-0.39, 0.29) is 0 Å². The van der Waals surface area contributed by atoms with E-state index < -0.39 is 0 Å². The maximum absolute atomic E-state index is 3.58. The Hall–Kier alpha value is -1.02. The summed E-state index contributed by atoms with van der Waals surface area (Å²) in [5.74, 6) is 0.845. The van der Waals surface area contributed by atoms with Gasteiger partial charge in [-0.3, -0.25) is 0 Å². The number of nitrogens with one attached hydrogen (secondary N) is 2. The number of rotatable bonds is 3. The summed E-state index contributed by atoms with van der Waals surface area (Å²) in [4.78, 5) is 0. The van der Waals surface area contributed by atoms with Crippen LogP contribution in [0, 0.1) is 5.92 Å². The lowest BCUT2D eigenvalue weighted by Crippen LogP contribution is -2.42. The topological polar surface area (TPSA) is 24.1 Å². The third-order valence-corrected chi connectivity index (χ3v) is 3.09. The molecule has 1 aromatic rings. The van der Waals surface area contributed by atoms with E-state index in [2.05, 4.69) is 41.8 Å². The summed E-state index contributed by atoms with van der Waals surface area (Å²) in [6.07, 6.45) is 2.65. The SMILES string of the molecule is C[C@@H]1CC[C@@H](CNc2ccccc2)NC1. The van der Waals surface area contributed by atoms with Gasteiger partial charge in [0.15, 0.2) is 0 Å². The summed E-state index contributed by atoms with van der Waals surface area (Å²) in [6.45, 7) is 4.52. The number of hydrogen-bond acceptors (Lipinski definition) is 2. The van der Waals surface area contributed by atoms with Crippen molar-refractivity contribution in [3.8, 4) is 0 Å². The monoisotopic (exact) mass is 204 g/mol. The first-order chi connectivity index (χ1) is 7.34. The van der Waals surface area contributed by atoms with Crippen LogP contribution in [0.2, 0.25) is 0 Å². The molecule has 2 nitrogen and oxygen atoms in total. The lowest BCUT2D eigenvalue weighted by Gasteiger charge is -2.28. The lowest BCUT2D eigenvalue weighted by atomic mass is 9.96. The molecule has 2 heteroatoms. The van der Waals surface area contributed by atoms with Crippen LogP contribution in [0.3, 0.4) is 0 Å². The molecule has 0 aliphatic carbocycles. The maximum Gasteiger partial charge on any atom is 0.0340 e. The Bertz CT molecular complexity index is 276. The Balaban J connectivity index is 1.74. The third kappa shape index (κ3) is 3.24. The van der Waals surface area contributed by atoms with Crippen LogP contribution in [0.15, 0.2) is 30.3 Å². The minimum atomic E-state index is 0.640. The van der Waals surface area contributed by atoms with Crippen molar-refractivity contribution in [2.24, 2.45) is 5.92 Å². The van der Waals surface area contributed by atoms with E-state index in [0.29, 0.717) is 6.04 Å². The van der Waals surface area contributed by atoms with Crippen molar-refractivity contribution in [1.29, 1.82) is 0 Å². The van der Waals surface area contributed by atoms with Crippen LogP contribution < -0.4 is 10.6 Å². The molecule has 0 aromatic heterocycles. The zero-order chi connectivity index (χ0) is 10.5. The minimum absolute atomic E-state index is 0.640. The molecule has 2 atom stereocenters. The average Bonchev–Trinajstić information content (AvgIpc) is 2.30. The fourth-order valence-corrected chi connectivity index (χ4v) is 2.03. The van der Waals surface area contributed by atoms with Crippen molar-refractivity contribution in [3.63, 3.8) is 0 Å². The van der Waals surface area contributed by atoms with E-state index in [1.165, 1.54) is 25.1 Å². The highest BCUT2D eigenvalue weighted by Crippen LogP contribution is 2.14. The summed E-state index contributed by atoms with van der Waals surface area (Å²) in [5, 5.41) is 7.04. The molecule has 2 rings (SSSR count). The maximum atomic E-state index is 3.58. The van der Waals surface area contributed by atoms with Crippen molar-refractivity contribution in [1.82, 2.24) is 5.32 Å². The molecular formula is C13H20N2. The zero-order valence-electron chi connectivity index (χ0n) is 9.37. The van der Waals surface area contributed by atoms with Crippen LogP contribution in [-0.4, -0.2) is 19.1 Å². The van der Waals surface area contributed by atoms with Gasteiger partial charge in [-0.25, -0.2) is 0 Å². The molecule has 1 aliphatic rings. The molecule has 1 heterocycles. The van der Waals surface area contributed by atoms with Crippen molar-refractivity contribution in [3.05, 3.63) is 30.3 Å². The lowest BCUT2D eigenvalue weighted by molar-refractivity contribution is 0.336. The van der Waals surface area contributed by atoms with Gasteiger partial charge in [0.2, 0.25) is 0 Å². The Morgan fingerprint density at radius 1 is 1.27 bits per heavy atom. The molecule has 2 N–H and O–H groups in total. The van der Waals surface area contributed by atoms with E-state index in [0.717, 1.165) is 12.5 Å². The Morgan fingerprint density at radius 3 is 2.73 bits per heavy atom. The van der Waals surface area contributed by atoms with Crippen LogP contribution in [0.4, 0.5) is 5.69 Å². The van der Waals surface area contributed by atoms with Crippen LogP contribution in [0.5, 0.6) is 0 Å². The molecule has 0 spiro atoms. The average molecular weight is 204 g/mol. The minimum Gasteiger partial charge on any atom is -0.383 e. The van der Waals surface area contributed by atoms with Gasteiger partial charge in [0.1, 0.15) is 0 Å². The summed E-state index contributed by atoms with van der Waals surface area (Å²) < 4.78 is 0. The van der Waals surface area contributed by atoms with E-state index in [1.807, 2.05) is 6.07 Å². The first kappa shape index (κ1) is 10.5. The Morgan fingerprint density at radius 2 is 2.07 bits per heavy atom. The molecule has 1 saturated heterocycles. The highest BCUT2D eigenvalue weighted by molar-refractivity contribution is 5.42. The van der Waals surface area contributed by atoms with E-state index in [4.69, 9.17) is 0 Å². The van der Waals surface area contributed by atoms with Crippen LogP contribution >= 0.6 is 0 Å². The first-order valence-corrected chi connectivity index (χ1v) is 5.87.